The third kappa shape index (κ3) is 5.43. The Morgan fingerprint density at radius 1 is 1.00 bits per heavy atom. The molecular formula is C21H27NO2. The molecule has 128 valence electrons. The van der Waals surface area contributed by atoms with Crippen LogP contribution in [-0.2, 0) is 6.42 Å². The standard InChI is InChI=1S/C21H27NO2/c1-17(14-18-8-6-5-7-9-18)16-22(2)13-12-19-10-11-20(23-3)21(15-19)24-4/h5-11,14-15H,12-13,16H2,1-4H3. The minimum absolute atomic E-state index is 0.774. The zero-order chi connectivity index (χ0) is 17.4. The lowest BCUT2D eigenvalue weighted by Gasteiger charge is -2.17. The van der Waals surface area contributed by atoms with Gasteiger partial charge in [-0.2, -0.15) is 0 Å². The van der Waals surface area contributed by atoms with Crippen molar-refractivity contribution in [3.8, 4) is 11.5 Å². The summed E-state index contributed by atoms with van der Waals surface area (Å²) in [4.78, 5) is 2.34. The van der Waals surface area contributed by atoms with Crippen LogP contribution in [0.3, 0.4) is 0 Å². The summed E-state index contributed by atoms with van der Waals surface area (Å²) in [6.45, 7) is 4.14. The van der Waals surface area contributed by atoms with E-state index in [1.807, 2.05) is 12.1 Å². The number of ether oxygens (including phenoxy) is 2. The fraction of sp³-hybridized carbons (Fsp3) is 0.333. The number of nitrogens with zero attached hydrogens (tertiary/aromatic N) is 1. The van der Waals surface area contributed by atoms with Gasteiger partial charge in [-0.25, -0.2) is 0 Å². The third-order valence-electron chi connectivity index (χ3n) is 3.96. The van der Waals surface area contributed by atoms with Crippen LogP contribution in [0, 0.1) is 0 Å². The van der Waals surface area contributed by atoms with Crippen molar-refractivity contribution in [2.45, 2.75) is 13.3 Å². The van der Waals surface area contributed by atoms with Crippen molar-refractivity contribution in [1.82, 2.24) is 4.90 Å². The topological polar surface area (TPSA) is 21.7 Å². The maximum absolute atomic E-state index is 5.37. The summed E-state index contributed by atoms with van der Waals surface area (Å²) in [5.74, 6) is 1.56. The lowest BCUT2D eigenvalue weighted by atomic mass is 10.1. The Morgan fingerprint density at radius 3 is 2.38 bits per heavy atom. The number of likely N-dealkylation sites (N-methyl/N-ethyl adjacent to an activating group) is 1. The molecule has 0 aliphatic rings. The first-order chi connectivity index (χ1) is 11.6. The number of hydrogen-bond donors (Lipinski definition) is 0. The molecule has 3 nitrogen and oxygen atoms in total. The Balaban J connectivity index is 1.89. The van der Waals surface area contributed by atoms with E-state index < -0.39 is 0 Å². The Bertz CT molecular complexity index is 665. The summed E-state index contributed by atoms with van der Waals surface area (Å²) >= 11 is 0. The predicted octanol–water partition coefficient (Wildman–Crippen LogP) is 4.28. The van der Waals surface area contributed by atoms with E-state index in [9.17, 15) is 0 Å². The van der Waals surface area contributed by atoms with Crippen molar-refractivity contribution in [2.75, 3.05) is 34.4 Å². The molecule has 0 heterocycles. The molecule has 24 heavy (non-hydrogen) atoms. The molecule has 0 aromatic heterocycles. The largest absolute Gasteiger partial charge is 0.493 e. The first-order valence-corrected chi connectivity index (χ1v) is 8.24. The minimum atomic E-state index is 0.774. The van der Waals surface area contributed by atoms with Crippen molar-refractivity contribution in [3.05, 3.63) is 65.2 Å². The predicted molar refractivity (Wildman–Crippen MR) is 101 cm³/mol. The van der Waals surface area contributed by atoms with Crippen LogP contribution in [0.2, 0.25) is 0 Å². The monoisotopic (exact) mass is 325 g/mol. The number of hydrogen-bond acceptors (Lipinski definition) is 3. The molecule has 2 aromatic carbocycles. The number of rotatable bonds is 8. The molecule has 0 amide bonds. The smallest absolute Gasteiger partial charge is 0.160 e. The second kappa shape index (κ2) is 9.14. The van der Waals surface area contributed by atoms with Crippen molar-refractivity contribution < 1.29 is 9.47 Å². The minimum Gasteiger partial charge on any atom is -0.493 e. The molecule has 0 N–H and O–H groups in total. The van der Waals surface area contributed by atoms with Crippen molar-refractivity contribution >= 4 is 6.08 Å². The molecule has 0 spiro atoms. The quantitative estimate of drug-likeness (QED) is 0.723. The van der Waals surface area contributed by atoms with Gasteiger partial charge < -0.3 is 14.4 Å². The van der Waals surface area contributed by atoms with E-state index in [0.717, 1.165) is 31.0 Å². The SMILES string of the molecule is COc1ccc(CCN(C)CC(C)=Cc2ccccc2)cc1OC. The van der Waals surface area contributed by atoms with Crippen molar-refractivity contribution in [2.24, 2.45) is 0 Å². The van der Waals surface area contributed by atoms with E-state index in [1.165, 1.54) is 16.7 Å². The lowest BCUT2D eigenvalue weighted by Crippen LogP contribution is -2.23. The van der Waals surface area contributed by atoms with E-state index in [2.05, 4.69) is 61.3 Å². The summed E-state index contributed by atoms with van der Waals surface area (Å²) in [6.07, 6.45) is 3.22. The molecular weight excluding hydrogens is 298 g/mol. The van der Waals surface area contributed by atoms with E-state index in [4.69, 9.17) is 9.47 Å². The molecule has 2 aromatic rings. The highest BCUT2D eigenvalue weighted by Crippen LogP contribution is 2.27. The van der Waals surface area contributed by atoms with Gasteiger partial charge in [0.1, 0.15) is 0 Å². The molecule has 2 rings (SSSR count). The maximum Gasteiger partial charge on any atom is 0.160 e. The molecule has 0 atom stereocenters. The van der Waals surface area contributed by atoms with Gasteiger partial charge in [-0.3, -0.25) is 0 Å². The summed E-state index contributed by atoms with van der Waals surface area (Å²) < 4.78 is 10.7. The van der Waals surface area contributed by atoms with Crippen LogP contribution in [0.4, 0.5) is 0 Å². The second-order valence-electron chi connectivity index (χ2n) is 6.08. The third-order valence-corrected chi connectivity index (χ3v) is 3.96. The lowest BCUT2D eigenvalue weighted by molar-refractivity contribution is 0.352. The van der Waals surface area contributed by atoms with E-state index in [-0.39, 0.29) is 0 Å². The average Bonchev–Trinajstić information content (AvgIpc) is 2.60. The molecule has 0 fully saturated rings. The number of benzene rings is 2. The van der Waals surface area contributed by atoms with Crippen LogP contribution in [0.25, 0.3) is 6.08 Å². The summed E-state index contributed by atoms with van der Waals surface area (Å²) in [5, 5.41) is 0. The van der Waals surface area contributed by atoms with Gasteiger partial charge in [0.2, 0.25) is 0 Å². The van der Waals surface area contributed by atoms with Gasteiger partial charge in [0, 0.05) is 13.1 Å². The molecule has 0 bridgehead atoms. The molecule has 0 aliphatic heterocycles. The van der Waals surface area contributed by atoms with E-state index in [1.54, 1.807) is 14.2 Å². The Morgan fingerprint density at radius 2 is 1.71 bits per heavy atom. The molecule has 0 saturated carbocycles. The van der Waals surface area contributed by atoms with Crippen molar-refractivity contribution in [3.63, 3.8) is 0 Å². The highest BCUT2D eigenvalue weighted by molar-refractivity contribution is 5.52. The first kappa shape index (κ1) is 18.1. The maximum atomic E-state index is 5.37. The zero-order valence-electron chi connectivity index (χ0n) is 15.1. The van der Waals surface area contributed by atoms with Gasteiger partial charge >= 0.3 is 0 Å². The van der Waals surface area contributed by atoms with Gasteiger partial charge in [-0.1, -0.05) is 48.0 Å². The van der Waals surface area contributed by atoms with Gasteiger partial charge in [0.05, 0.1) is 14.2 Å². The number of methoxy groups -OCH3 is 2. The fourth-order valence-corrected chi connectivity index (χ4v) is 2.74. The van der Waals surface area contributed by atoms with E-state index >= 15 is 0 Å². The first-order valence-electron chi connectivity index (χ1n) is 8.24. The van der Waals surface area contributed by atoms with Gasteiger partial charge in [-0.05, 0) is 43.7 Å². The van der Waals surface area contributed by atoms with E-state index in [0.29, 0.717) is 0 Å². The molecule has 0 saturated heterocycles. The molecule has 0 unspecified atom stereocenters. The van der Waals surface area contributed by atoms with Gasteiger partial charge in [-0.15, -0.1) is 0 Å². The molecule has 0 aliphatic carbocycles. The highest BCUT2D eigenvalue weighted by atomic mass is 16.5. The Labute approximate surface area is 145 Å². The van der Waals surface area contributed by atoms with Crippen LogP contribution in [0.15, 0.2) is 54.1 Å². The summed E-state index contributed by atoms with van der Waals surface area (Å²) in [5.41, 5.74) is 3.86. The Kier molecular flexibility index (Phi) is 6.89. The molecule has 3 heteroatoms. The van der Waals surface area contributed by atoms with Gasteiger partial charge in [0.15, 0.2) is 11.5 Å². The average molecular weight is 325 g/mol. The highest BCUT2D eigenvalue weighted by Gasteiger charge is 2.06. The Hall–Kier alpha value is -2.26. The molecule has 0 radical (unpaired) electrons. The van der Waals surface area contributed by atoms with Crippen molar-refractivity contribution in [1.29, 1.82) is 0 Å². The van der Waals surface area contributed by atoms with Crippen LogP contribution in [0.5, 0.6) is 11.5 Å². The summed E-state index contributed by atoms with van der Waals surface area (Å²) in [6, 6.07) is 16.6. The summed E-state index contributed by atoms with van der Waals surface area (Å²) in [7, 11) is 5.49. The van der Waals surface area contributed by atoms with Gasteiger partial charge in [0.25, 0.3) is 0 Å². The normalized spacial score (nSPS) is 11.6. The van der Waals surface area contributed by atoms with Crippen LogP contribution < -0.4 is 9.47 Å². The van der Waals surface area contributed by atoms with Crippen LogP contribution in [-0.4, -0.2) is 39.3 Å². The second-order valence-corrected chi connectivity index (χ2v) is 6.08. The van der Waals surface area contributed by atoms with Crippen LogP contribution in [0.1, 0.15) is 18.1 Å². The van der Waals surface area contributed by atoms with Crippen LogP contribution >= 0.6 is 0 Å². The fourth-order valence-electron chi connectivity index (χ4n) is 2.74. The zero-order valence-corrected chi connectivity index (χ0v) is 15.1.